The molecule has 2 amide bonds. The van der Waals surface area contributed by atoms with Crippen LogP contribution in [0.15, 0.2) is 0 Å². The minimum atomic E-state index is -0.447. The number of nitriles is 1. The van der Waals surface area contributed by atoms with Crippen LogP contribution < -0.4 is 0 Å². The molecule has 90 valence electrons. The quantitative estimate of drug-likeness (QED) is 0.623. The first-order chi connectivity index (χ1) is 8.22. The molecule has 0 N–H and O–H groups in total. The summed E-state index contributed by atoms with van der Waals surface area (Å²) in [5.74, 6) is -0.646. The number of carbonyl (C=O) groups excluding carboxylic acids is 2. The van der Waals surface area contributed by atoms with Gasteiger partial charge < -0.3 is 4.74 Å². The van der Waals surface area contributed by atoms with Crippen LogP contribution in [0.2, 0.25) is 0 Å². The van der Waals surface area contributed by atoms with E-state index < -0.39 is 12.2 Å². The van der Waals surface area contributed by atoms with Crippen LogP contribution in [0.5, 0.6) is 0 Å². The highest BCUT2D eigenvalue weighted by Crippen LogP contribution is 2.36. The number of rotatable bonds is 1. The number of fused-ring (bicyclic) bond motifs is 2. The topological polar surface area (TPSA) is 70.4 Å². The average Bonchev–Trinajstić information content (AvgIpc) is 2.95. The molecule has 0 radical (unpaired) electrons. The number of amides is 2. The number of hydrogen-bond acceptors (Lipinski definition) is 4. The summed E-state index contributed by atoms with van der Waals surface area (Å²) >= 11 is 0. The molecule has 3 fully saturated rings. The molecule has 2 heterocycles. The lowest BCUT2D eigenvalue weighted by Crippen LogP contribution is -2.56. The van der Waals surface area contributed by atoms with E-state index in [-0.39, 0.29) is 23.8 Å². The zero-order valence-corrected chi connectivity index (χ0v) is 9.46. The van der Waals surface area contributed by atoms with Crippen molar-refractivity contribution in [2.45, 2.75) is 50.4 Å². The van der Waals surface area contributed by atoms with Crippen LogP contribution in [0, 0.1) is 17.2 Å². The molecule has 1 aliphatic carbocycles. The summed E-state index contributed by atoms with van der Waals surface area (Å²) in [4.78, 5) is 25.6. The normalized spacial score (nSPS) is 40.8. The van der Waals surface area contributed by atoms with E-state index in [1.54, 1.807) is 0 Å². The Kier molecular flexibility index (Phi) is 2.40. The number of likely N-dealkylation sites (tertiary alicyclic amines) is 1. The number of ether oxygens (including phenoxy) is 1. The Balaban J connectivity index is 1.89. The second kappa shape index (κ2) is 3.81. The van der Waals surface area contributed by atoms with Gasteiger partial charge in [-0.1, -0.05) is 0 Å². The second-order valence-corrected chi connectivity index (χ2v) is 4.97. The molecule has 2 aliphatic heterocycles. The van der Waals surface area contributed by atoms with Gasteiger partial charge in [0.15, 0.2) is 0 Å². The fourth-order valence-corrected chi connectivity index (χ4v) is 3.15. The Morgan fingerprint density at radius 1 is 1.12 bits per heavy atom. The predicted octanol–water partition coefficient (Wildman–Crippen LogP) is 0.595. The first-order valence-electron chi connectivity index (χ1n) is 6.14. The van der Waals surface area contributed by atoms with Crippen molar-refractivity contribution < 1.29 is 14.3 Å². The van der Waals surface area contributed by atoms with Gasteiger partial charge in [0.1, 0.15) is 12.2 Å². The smallest absolute Gasteiger partial charge is 0.258 e. The van der Waals surface area contributed by atoms with Crippen LogP contribution in [-0.4, -0.2) is 35.0 Å². The Morgan fingerprint density at radius 3 is 2.35 bits per heavy atom. The molecule has 0 aromatic heterocycles. The van der Waals surface area contributed by atoms with E-state index in [1.165, 1.54) is 4.90 Å². The molecule has 5 heteroatoms. The Hall–Kier alpha value is -1.41. The van der Waals surface area contributed by atoms with Crippen LogP contribution in [0.25, 0.3) is 0 Å². The standard InChI is InChI=1S/C12H14N2O3/c13-6-7-2-1-3-8(7)14-11(15)9-4-5-10(17-9)12(14)16/h7-10H,1-5H2. The molecule has 5 nitrogen and oxygen atoms in total. The van der Waals surface area contributed by atoms with Gasteiger partial charge in [0.05, 0.1) is 18.0 Å². The highest BCUT2D eigenvalue weighted by atomic mass is 16.5. The fourth-order valence-electron chi connectivity index (χ4n) is 3.15. The Labute approximate surface area is 99.3 Å². The molecule has 4 unspecified atom stereocenters. The van der Waals surface area contributed by atoms with Gasteiger partial charge in [-0.05, 0) is 32.1 Å². The third-order valence-electron chi connectivity index (χ3n) is 4.02. The van der Waals surface area contributed by atoms with E-state index in [9.17, 15) is 9.59 Å². The van der Waals surface area contributed by atoms with Gasteiger partial charge in [0, 0.05) is 0 Å². The molecule has 0 aromatic carbocycles. The van der Waals surface area contributed by atoms with Crippen LogP contribution in [0.1, 0.15) is 32.1 Å². The predicted molar refractivity (Wildman–Crippen MR) is 56.5 cm³/mol. The zero-order chi connectivity index (χ0) is 12.0. The van der Waals surface area contributed by atoms with Gasteiger partial charge in [0.2, 0.25) is 0 Å². The maximum atomic E-state index is 12.1. The van der Waals surface area contributed by atoms with E-state index in [0.29, 0.717) is 12.8 Å². The first-order valence-corrected chi connectivity index (χ1v) is 6.14. The molecular weight excluding hydrogens is 220 g/mol. The monoisotopic (exact) mass is 234 g/mol. The highest BCUT2D eigenvalue weighted by molar-refractivity contribution is 6.02. The molecule has 3 rings (SSSR count). The molecule has 1 saturated carbocycles. The van der Waals surface area contributed by atoms with E-state index in [0.717, 1.165) is 19.3 Å². The lowest BCUT2D eigenvalue weighted by molar-refractivity contribution is -0.172. The molecule has 2 saturated heterocycles. The molecule has 2 bridgehead atoms. The summed E-state index contributed by atoms with van der Waals surface area (Å²) in [6.07, 6.45) is 2.83. The van der Waals surface area contributed by atoms with Crippen molar-refractivity contribution in [3.8, 4) is 6.07 Å². The van der Waals surface area contributed by atoms with Gasteiger partial charge in [-0.2, -0.15) is 5.26 Å². The maximum Gasteiger partial charge on any atom is 0.258 e. The molecule has 3 aliphatic rings. The van der Waals surface area contributed by atoms with Gasteiger partial charge >= 0.3 is 0 Å². The summed E-state index contributed by atoms with van der Waals surface area (Å²) in [6.45, 7) is 0. The number of morpholine rings is 1. The van der Waals surface area contributed by atoms with E-state index in [1.807, 2.05) is 0 Å². The SMILES string of the molecule is N#CC1CCCC1N1C(=O)C2CCC(O2)C1=O. The Bertz CT molecular complexity index is 392. The van der Waals surface area contributed by atoms with Crippen molar-refractivity contribution in [2.24, 2.45) is 5.92 Å². The van der Waals surface area contributed by atoms with Gasteiger partial charge in [0.25, 0.3) is 11.8 Å². The van der Waals surface area contributed by atoms with Crippen LogP contribution in [0.3, 0.4) is 0 Å². The van der Waals surface area contributed by atoms with E-state index in [4.69, 9.17) is 10.00 Å². The highest BCUT2D eigenvalue weighted by Gasteiger charge is 2.50. The summed E-state index contributed by atoms with van der Waals surface area (Å²) in [5.41, 5.74) is 0. The first kappa shape index (κ1) is 10.7. The Morgan fingerprint density at radius 2 is 1.76 bits per heavy atom. The van der Waals surface area contributed by atoms with Crippen molar-refractivity contribution in [1.29, 1.82) is 5.26 Å². The van der Waals surface area contributed by atoms with Crippen molar-refractivity contribution in [3.63, 3.8) is 0 Å². The van der Waals surface area contributed by atoms with Crippen LogP contribution in [-0.2, 0) is 14.3 Å². The number of hydrogen-bond donors (Lipinski definition) is 0. The van der Waals surface area contributed by atoms with Crippen molar-refractivity contribution >= 4 is 11.8 Å². The minimum Gasteiger partial charge on any atom is -0.355 e. The largest absolute Gasteiger partial charge is 0.355 e. The zero-order valence-electron chi connectivity index (χ0n) is 9.46. The van der Waals surface area contributed by atoms with E-state index >= 15 is 0 Å². The van der Waals surface area contributed by atoms with Crippen molar-refractivity contribution in [2.75, 3.05) is 0 Å². The van der Waals surface area contributed by atoms with Crippen LogP contribution >= 0.6 is 0 Å². The van der Waals surface area contributed by atoms with Gasteiger partial charge in [-0.25, -0.2) is 0 Å². The molecule has 0 aromatic rings. The number of nitrogens with zero attached hydrogens (tertiary/aromatic N) is 2. The number of imide groups is 1. The van der Waals surface area contributed by atoms with Crippen LogP contribution in [0.4, 0.5) is 0 Å². The maximum absolute atomic E-state index is 12.1. The average molecular weight is 234 g/mol. The summed E-state index contributed by atoms with van der Waals surface area (Å²) in [7, 11) is 0. The lowest BCUT2D eigenvalue weighted by Gasteiger charge is -2.35. The van der Waals surface area contributed by atoms with Crippen molar-refractivity contribution in [1.82, 2.24) is 4.90 Å². The summed E-state index contributed by atoms with van der Waals surface area (Å²) in [5, 5.41) is 9.06. The molecule has 0 spiro atoms. The lowest BCUT2D eigenvalue weighted by atomic mass is 10.0. The van der Waals surface area contributed by atoms with Crippen molar-refractivity contribution in [3.05, 3.63) is 0 Å². The molecule has 4 atom stereocenters. The summed E-state index contributed by atoms with van der Waals surface area (Å²) < 4.78 is 5.36. The van der Waals surface area contributed by atoms with Gasteiger partial charge in [-0.3, -0.25) is 14.5 Å². The molecule has 17 heavy (non-hydrogen) atoms. The third kappa shape index (κ3) is 1.48. The second-order valence-electron chi connectivity index (χ2n) is 4.97. The minimum absolute atomic E-state index is 0.194. The number of carbonyl (C=O) groups is 2. The van der Waals surface area contributed by atoms with E-state index in [2.05, 4.69) is 6.07 Å². The summed E-state index contributed by atoms with van der Waals surface area (Å²) in [6, 6.07) is 2.00. The fraction of sp³-hybridized carbons (Fsp3) is 0.750. The third-order valence-corrected chi connectivity index (χ3v) is 4.02. The van der Waals surface area contributed by atoms with Gasteiger partial charge in [-0.15, -0.1) is 0 Å². The molecular formula is C12H14N2O3.